The Hall–Kier alpha value is -2.94. The topological polar surface area (TPSA) is 60.7 Å². The van der Waals surface area contributed by atoms with Gasteiger partial charge in [0.15, 0.2) is 4.80 Å². The molecule has 3 aromatic rings. The largest absolute Gasteiger partial charge is 0.462 e. The van der Waals surface area contributed by atoms with E-state index in [-0.39, 0.29) is 12.2 Å². The van der Waals surface area contributed by atoms with Crippen molar-refractivity contribution < 1.29 is 27.5 Å². The summed E-state index contributed by atoms with van der Waals surface area (Å²) in [4.78, 5) is 28.8. The number of carbonyl (C=O) groups excluding carboxylic acids is 2. The number of hydrogen-bond donors (Lipinski definition) is 0. The van der Waals surface area contributed by atoms with Crippen molar-refractivity contribution >= 4 is 33.4 Å². The lowest BCUT2D eigenvalue weighted by Crippen LogP contribution is -2.16. The van der Waals surface area contributed by atoms with Gasteiger partial charge in [0.2, 0.25) is 0 Å². The van der Waals surface area contributed by atoms with E-state index in [4.69, 9.17) is 4.74 Å². The normalized spacial score (nSPS) is 12.4. The summed E-state index contributed by atoms with van der Waals surface area (Å²) in [6.45, 7) is 4.32. The summed E-state index contributed by atoms with van der Waals surface area (Å²) in [5, 5.41) is 0. The quantitative estimate of drug-likeness (QED) is 0.575. The number of aryl methyl sites for hydroxylation is 1. The molecule has 0 bridgehead atoms. The average Bonchev–Trinajstić information content (AvgIpc) is 3.03. The fourth-order valence-electron chi connectivity index (χ4n) is 2.79. The molecule has 29 heavy (non-hydrogen) atoms. The minimum atomic E-state index is -4.54. The molecule has 3 rings (SSSR count). The Kier molecular flexibility index (Phi) is 5.88. The number of nitrogens with zero attached hydrogens (tertiary/aromatic N) is 2. The van der Waals surface area contributed by atoms with Gasteiger partial charge < -0.3 is 9.30 Å². The summed E-state index contributed by atoms with van der Waals surface area (Å²) >= 11 is 1.18. The standard InChI is InChI=1S/C20H17F3N2O3S/c1-3-25-15-9-8-13(18(27)28-4-2)11-16(15)29-19(25)24-17(26)12-6-5-7-14(10-12)20(21,22)23/h5-11H,3-4H2,1-2H3. The number of rotatable bonds is 4. The molecule has 0 unspecified atom stereocenters. The van der Waals surface area contributed by atoms with Crippen LogP contribution in [-0.4, -0.2) is 23.1 Å². The lowest BCUT2D eigenvalue weighted by molar-refractivity contribution is -0.137. The van der Waals surface area contributed by atoms with Crippen LogP contribution in [0.4, 0.5) is 13.2 Å². The second-order valence-electron chi connectivity index (χ2n) is 6.03. The molecule has 2 aromatic carbocycles. The van der Waals surface area contributed by atoms with Gasteiger partial charge in [-0.2, -0.15) is 18.2 Å². The molecule has 1 amide bonds. The third-order valence-corrected chi connectivity index (χ3v) is 5.19. The number of aromatic nitrogens is 1. The van der Waals surface area contributed by atoms with Crippen LogP contribution in [0.2, 0.25) is 0 Å². The van der Waals surface area contributed by atoms with E-state index in [1.54, 1.807) is 29.7 Å². The molecule has 0 N–H and O–H groups in total. The molecule has 0 atom stereocenters. The van der Waals surface area contributed by atoms with Gasteiger partial charge in [0.05, 0.1) is 28.0 Å². The summed E-state index contributed by atoms with van der Waals surface area (Å²) in [6.07, 6.45) is -4.54. The van der Waals surface area contributed by atoms with E-state index in [0.29, 0.717) is 21.6 Å². The SMILES string of the molecule is CCOC(=O)c1ccc2c(c1)sc(=NC(=O)c1cccc(C(F)(F)F)c1)n2CC. The maximum Gasteiger partial charge on any atom is 0.416 e. The zero-order valence-corrected chi connectivity index (χ0v) is 16.4. The van der Waals surface area contributed by atoms with Gasteiger partial charge in [-0.25, -0.2) is 4.79 Å². The van der Waals surface area contributed by atoms with Gasteiger partial charge in [-0.15, -0.1) is 0 Å². The maximum atomic E-state index is 12.9. The van der Waals surface area contributed by atoms with Gasteiger partial charge >= 0.3 is 12.1 Å². The number of fused-ring (bicyclic) bond motifs is 1. The van der Waals surface area contributed by atoms with E-state index in [1.807, 2.05) is 6.92 Å². The van der Waals surface area contributed by atoms with Crippen LogP contribution in [0.1, 0.15) is 40.1 Å². The number of benzene rings is 2. The zero-order valence-electron chi connectivity index (χ0n) is 15.6. The Morgan fingerprint density at radius 1 is 1.10 bits per heavy atom. The van der Waals surface area contributed by atoms with E-state index in [0.717, 1.165) is 17.6 Å². The van der Waals surface area contributed by atoms with Gasteiger partial charge in [0.25, 0.3) is 5.91 Å². The molecule has 9 heteroatoms. The van der Waals surface area contributed by atoms with E-state index in [9.17, 15) is 22.8 Å². The first kappa shape index (κ1) is 20.8. The van der Waals surface area contributed by atoms with Crippen LogP contribution in [0.25, 0.3) is 10.2 Å². The molecule has 1 heterocycles. The van der Waals surface area contributed by atoms with Crippen molar-refractivity contribution in [2.24, 2.45) is 4.99 Å². The van der Waals surface area contributed by atoms with Gasteiger partial charge in [0, 0.05) is 12.1 Å². The van der Waals surface area contributed by atoms with Gasteiger partial charge in [-0.1, -0.05) is 17.4 Å². The highest BCUT2D eigenvalue weighted by Crippen LogP contribution is 2.29. The monoisotopic (exact) mass is 422 g/mol. The number of hydrogen-bond acceptors (Lipinski definition) is 4. The fraction of sp³-hybridized carbons (Fsp3) is 0.250. The van der Waals surface area contributed by atoms with Gasteiger partial charge in [-0.3, -0.25) is 4.79 Å². The number of halogens is 3. The number of esters is 1. The van der Waals surface area contributed by atoms with E-state index < -0.39 is 23.6 Å². The number of amides is 1. The zero-order chi connectivity index (χ0) is 21.2. The summed E-state index contributed by atoms with van der Waals surface area (Å²) in [6, 6.07) is 9.16. The Morgan fingerprint density at radius 2 is 1.86 bits per heavy atom. The molecule has 0 saturated heterocycles. The summed E-state index contributed by atoms with van der Waals surface area (Å²) in [5.41, 5.74) is 0.0882. The van der Waals surface area contributed by atoms with Crippen LogP contribution >= 0.6 is 11.3 Å². The van der Waals surface area contributed by atoms with E-state index in [1.165, 1.54) is 23.5 Å². The Morgan fingerprint density at radius 3 is 2.52 bits per heavy atom. The van der Waals surface area contributed by atoms with Crippen molar-refractivity contribution in [2.45, 2.75) is 26.6 Å². The molecule has 0 aliphatic rings. The van der Waals surface area contributed by atoms with E-state index in [2.05, 4.69) is 4.99 Å². The fourth-order valence-corrected chi connectivity index (χ4v) is 3.92. The predicted octanol–water partition coefficient (Wildman–Crippen LogP) is 4.66. The Labute approximate surface area is 168 Å². The maximum absolute atomic E-state index is 12.9. The lowest BCUT2D eigenvalue weighted by atomic mass is 10.1. The molecular formula is C20H17F3N2O3S. The molecule has 152 valence electrons. The van der Waals surface area contributed by atoms with Crippen molar-refractivity contribution in [1.82, 2.24) is 4.57 Å². The summed E-state index contributed by atoms with van der Waals surface area (Å²) in [5.74, 6) is -1.22. The molecule has 1 aromatic heterocycles. The van der Waals surface area contributed by atoms with Crippen LogP contribution in [0.5, 0.6) is 0 Å². The molecule has 0 aliphatic heterocycles. The Balaban J connectivity index is 2.05. The molecule has 0 fully saturated rings. The summed E-state index contributed by atoms with van der Waals surface area (Å²) in [7, 11) is 0. The van der Waals surface area contributed by atoms with Crippen molar-refractivity contribution in [1.29, 1.82) is 0 Å². The van der Waals surface area contributed by atoms with Gasteiger partial charge in [0.1, 0.15) is 0 Å². The molecule has 5 nitrogen and oxygen atoms in total. The van der Waals surface area contributed by atoms with Crippen molar-refractivity contribution in [2.75, 3.05) is 6.61 Å². The molecule has 0 aliphatic carbocycles. The first-order valence-corrected chi connectivity index (χ1v) is 9.63. The molecule has 0 spiro atoms. The van der Waals surface area contributed by atoms with E-state index >= 15 is 0 Å². The summed E-state index contributed by atoms with van der Waals surface area (Å²) < 4.78 is 46.1. The van der Waals surface area contributed by atoms with Crippen molar-refractivity contribution in [3.63, 3.8) is 0 Å². The van der Waals surface area contributed by atoms with Crippen LogP contribution in [0, 0.1) is 0 Å². The van der Waals surface area contributed by atoms with Gasteiger partial charge in [-0.05, 0) is 50.2 Å². The smallest absolute Gasteiger partial charge is 0.416 e. The predicted molar refractivity (Wildman–Crippen MR) is 103 cm³/mol. The highest BCUT2D eigenvalue weighted by atomic mass is 32.1. The number of ether oxygens (including phenoxy) is 1. The van der Waals surface area contributed by atoms with Crippen molar-refractivity contribution in [3.8, 4) is 0 Å². The Bertz CT molecular complexity index is 1150. The molecular weight excluding hydrogens is 405 g/mol. The average molecular weight is 422 g/mol. The molecule has 0 radical (unpaired) electrons. The number of alkyl halides is 3. The van der Waals surface area contributed by atoms with Crippen LogP contribution in [0.15, 0.2) is 47.5 Å². The van der Waals surface area contributed by atoms with Crippen molar-refractivity contribution in [3.05, 3.63) is 64.0 Å². The number of thiazole rings is 1. The highest BCUT2D eigenvalue weighted by Gasteiger charge is 2.30. The highest BCUT2D eigenvalue weighted by molar-refractivity contribution is 7.16. The minimum Gasteiger partial charge on any atom is -0.462 e. The van der Waals surface area contributed by atoms with Crippen LogP contribution in [0.3, 0.4) is 0 Å². The third kappa shape index (κ3) is 4.40. The lowest BCUT2D eigenvalue weighted by Gasteiger charge is -2.06. The molecule has 0 saturated carbocycles. The van der Waals surface area contributed by atoms with Crippen LogP contribution in [-0.2, 0) is 17.5 Å². The first-order valence-electron chi connectivity index (χ1n) is 8.81. The van der Waals surface area contributed by atoms with Crippen LogP contribution < -0.4 is 4.80 Å². The first-order chi connectivity index (χ1) is 13.7. The number of carbonyl (C=O) groups is 2. The second-order valence-corrected chi connectivity index (χ2v) is 7.04. The minimum absolute atomic E-state index is 0.146. The third-order valence-electron chi connectivity index (χ3n) is 4.14. The second kappa shape index (κ2) is 8.20.